The van der Waals surface area contributed by atoms with Crippen LogP contribution in [0.3, 0.4) is 0 Å². The van der Waals surface area contributed by atoms with Gasteiger partial charge in [0.15, 0.2) is 0 Å². The van der Waals surface area contributed by atoms with Crippen molar-refractivity contribution < 1.29 is 9.66 Å². The fourth-order valence-corrected chi connectivity index (χ4v) is 2.05. The first-order valence-electron chi connectivity index (χ1n) is 6.49. The van der Waals surface area contributed by atoms with Gasteiger partial charge in [0.05, 0.1) is 4.92 Å². The lowest BCUT2D eigenvalue weighted by Crippen LogP contribution is -2.04. The maximum absolute atomic E-state index is 11.0. The average molecular weight is 275 g/mol. The Hall–Kier alpha value is -2.21. The number of nitro benzene ring substituents is 1. The molecule has 0 aliphatic heterocycles. The summed E-state index contributed by atoms with van der Waals surface area (Å²) in [5.41, 5.74) is 1.32. The van der Waals surface area contributed by atoms with Crippen molar-refractivity contribution in [1.82, 2.24) is 4.98 Å². The quantitative estimate of drug-likeness (QED) is 0.477. The highest BCUT2D eigenvalue weighted by Crippen LogP contribution is 2.29. The van der Waals surface area contributed by atoms with Crippen LogP contribution < -0.4 is 5.32 Å². The van der Waals surface area contributed by atoms with Crippen molar-refractivity contribution in [2.45, 2.75) is 12.8 Å². The number of hydrogen-bond donors (Lipinski definition) is 1. The molecular formula is C14H17N3O3. The van der Waals surface area contributed by atoms with Gasteiger partial charge in [0.1, 0.15) is 5.52 Å². The summed E-state index contributed by atoms with van der Waals surface area (Å²) in [7, 11) is 1.68. The molecule has 0 atom stereocenters. The molecule has 0 aliphatic rings. The fourth-order valence-electron chi connectivity index (χ4n) is 2.05. The Balaban J connectivity index is 2.18. The Kier molecular flexibility index (Phi) is 4.84. The molecule has 0 unspecified atom stereocenters. The van der Waals surface area contributed by atoms with Crippen LogP contribution in [0.1, 0.15) is 12.8 Å². The Morgan fingerprint density at radius 2 is 2.20 bits per heavy atom. The van der Waals surface area contributed by atoms with Crippen LogP contribution in [-0.4, -0.2) is 30.2 Å². The smallest absolute Gasteiger partial charge is 0.295 e. The molecule has 1 aromatic carbocycles. The number of methoxy groups -OCH3 is 1. The van der Waals surface area contributed by atoms with E-state index in [0.29, 0.717) is 5.52 Å². The minimum absolute atomic E-state index is 0.0329. The van der Waals surface area contributed by atoms with Gasteiger partial charge in [-0.2, -0.15) is 0 Å². The molecular weight excluding hydrogens is 258 g/mol. The Morgan fingerprint density at radius 1 is 1.35 bits per heavy atom. The zero-order valence-electron chi connectivity index (χ0n) is 11.3. The van der Waals surface area contributed by atoms with Crippen LogP contribution in [0.4, 0.5) is 11.4 Å². The van der Waals surface area contributed by atoms with Crippen LogP contribution in [0, 0.1) is 10.1 Å². The highest BCUT2D eigenvalue weighted by Gasteiger charge is 2.14. The summed E-state index contributed by atoms with van der Waals surface area (Å²) in [5.74, 6) is 0. The molecule has 0 aliphatic carbocycles. The standard InChI is InChI=1S/C14H17N3O3/c1-20-10-3-2-8-15-12-6-7-13(17(18)19)14-11(12)5-4-9-16-14/h4-7,9,15H,2-3,8,10H2,1H3. The van der Waals surface area contributed by atoms with Crippen molar-refractivity contribution in [1.29, 1.82) is 0 Å². The average Bonchev–Trinajstić information content (AvgIpc) is 2.46. The van der Waals surface area contributed by atoms with Crippen LogP contribution in [0.5, 0.6) is 0 Å². The molecule has 0 spiro atoms. The predicted octanol–water partition coefficient (Wildman–Crippen LogP) is 2.98. The number of nitrogens with zero attached hydrogens (tertiary/aromatic N) is 2. The number of anilines is 1. The van der Waals surface area contributed by atoms with Gasteiger partial charge in [0, 0.05) is 43.6 Å². The number of fused-ring (bicyclic) bond motifs is 1. The van der Waals surface area contributed by atoms with Crippen molar-refractivity contribution in [2.24, 2.45) is 0 Å². The topological polar surface area (TPSA) is 77.3 Å². The van der Waals surface area contributed by atoms with E-state index in [9.17, 15) is 10.1 Å². The molecule has 6 nitrogen and oxygen atoms in total. The van der Waals surface area contributed by atoms with Crippen LogP contribution in [0.15, 0.2) is 30.5 Å². The minimum Gasteiger partial charge on any atom is -0.385 e. The van der Waals surface area contributed by atoms with Crippen LogP contribution >= 0.6 is 0 Å². The second kappa shape index (κ2) is 6.81. The lowest BCUT2D eigenvalue weighted by atomic mass is 10.1. The first kappa shape index (κ1) is 14.2. The van der Waals surface area contributed by atoms with E-state index in [1.165, 1.54) is 6.07 Å². The van der Waals surface area contributed by atoms with E-state index in [-0.39, 0.29) is 5.69 Å². The zero-order chi connectivity index (χ0) is 14.4. The Labute approximate surface area is 116 Å². The number of ether oxygens (including phenoxy) is 1. The number of benzene rings is 1. The molecule has 2 aromatic rings. The van der Waals surface area contributed by atoms with E-state index in [0.717, 1.165) is 37.1 Å². The lowest BCUT2D eigenvalue weighted by molar-refractivity contribution is -0.383. The van der Waals surface area contributed by atoms with Gasteiger partial charge in [-0.05, 0) is 31.0 Å². The van der Waals surface area contributed by atoms with E-state index >= 15 is 0 Å². The number of aromatic nitrogens is 1. The van der Waals surface area contributed by atoms with Gasteiger partial charge in [-0.3, -0.25) is 10.1 Å². The van der Waals surface area contributed by atoms with Gasteiger partial charge in [-0.1, -0.05) is 0 Å². The number of pyridine rings is 1. The monoisotopic (exact) mass is 275 g/mol. The summed E-state index contributed by atoms with van der Waals surface area (Å²) in [5, 5.41) is 15.1. The van der Waals surface area contributed by atoms with E-state index < -0.39 is 4.92 Å². The van der Waals surface area contributed by atoms with E-state index in [2.05, 4.69) is 10.3 Å². The maximum atomic E-state index is 11.0. The molecule has 2 rings (SSSR count). The highest BCUT2D eigenvalue weighted by atomic mass is 16.6. The summed E-state index contributed by atoms with van der Waals surface area (Å²) in [6.45, 7) is 1.54. The zero-order valence-corrected chi connectivity index (χ0v) is 11.3. The SMILES string of the molecule is COCCCCNc1ccc([N+](=O)[O-])c2ncccc12. The first-order chi connectivity index (χ1) is 9.74. The summed E-state index contributed by atoms with van der Waals surface area (Å²) in [6, 6.07) is 6.85. The summed E-state index contributed by atoms with van der Waals surface area (Å²) in [4.78, 5) is 14.7. The normalized spacial score (nSPS) is 10.7. The molecule has 0 bridgehead atoms. The van der Waals surface area contributed by atoms with Crippen molar-refractivity contribution in [3.8, 4) is 0 Å². The number of hydrogen-bond acceptors (Lipinski definition) is 5. The van der Waals surface area contributed by atoms with Crippen molar-refractivity contribution in [2.75, 3.05) is 25.6 Å². The second-order valence-electron chi connectivity index (χ2n) is 4.42. The van der Waals surface area contributed by atoms with Crippen LogP contribution in [0.25, 0.3) is 10.9 Å². The van der Waals surface area contributed by atoms with Gasteiger partial charge < -0.3 is 10.1 Å². The maximum Gasteiger partial charge on any atom is 0.295 e. The highest BCUT2D eigenvalue weighted by molar-refractivity contribution is 5.96. The lowest BCUT2D eigenvalue weighted by Gasteiger charge is -2.09. The summed E-state index contributed by atoms with van der Waals surface area (Å²) in [6.07, 6.45) is 3.52. The van der Waals surface area contributed by atoms with E-state index in [4.69, 9.17) is 4.74 Å². The Morgan fingerprint density at radius 3 is 2.95 bits per heavy atom. The van der Waals surface area contributed by atoms with E-state index in [1.54, 1.807) is 25.4 Å². The van der Waals surface area contributed by atoms with Crippen LogP contribution in [0.2, 0.25) is 0 Å². The molecule has 0 fully saturated rings. The largest absolute Gasteiger partial charge is 0.385 e. The van der Waals surface area contributed by atoms with Crippen molar-refractivity contribution in [3.05, 3.63) is 40.6 Å². The third-order valence-corrected chi connectivity index (χ3v) is 3.04. The predicted molar refractivity (Wildman–Crippen MR) is 78.0 cm³/mol. The van der Waals surface area contributed by atoms with Gasteiger partial charge in [-0.25, -0.2) is 4.98 Å². The number of rotatable bonds is 7. The second-order valence-corrected chi connectivity index (χ2v) is 4.42. The van der Waals surface area contributed by atoms with Gasteiger partial charge in [0.25, 0.3) is 5.69 Å². The fraction of sp³-hybridized carbons (Fsp3) is 0.357. The summed E-state index contributed by atoms with van der Waals surface area (Å²) >= 11 is 0. The molecule has 1 N–H and O–H groups in total. The summed E-state index contributed by atoms with van der Waals surface area (Å²) < 4.78 is 4.99. The third kappa shape index (κ3) is 3.21. The first-order valence-corrected chi connectivity index (χ1v) is 6.49. The van der Waals surface area contributed by atoms with Crippen molar-refractivity contribution in [3.63, 3.8) is 0 Å². The molecule has 0 radical (unpaired) electrons. The minimum atomic E-state index is -0.405. The number of nitrogens with one attached hydrogen (secondary N) is 1. The number of nitro groups is 1. The van der Waals surface area contributed by atoms with Gasteiger partial charge in [-0.15, -0.1) is 0 Å². The molecule has 20 heavy (non-hydrogen) atoms. The molecule has 1 heterocycles. The molecule has 6 heteroatoms. The molecule has 1 aromatic heterocycles. The third-order valence-electron chi connectivity index (χ3n) is 3.04. The van der Waals surface area contributed by atoms with E-state index in [1.807, 2.05) is 6.07 Å². The van der Waals surface area contributed by atoms with Gasteiger partial charge >= 0.3 is 0 Å². The molecule has 106 valence electrons. The van der Waals surface area contributed by atoms with Crippen molar-refractivity contribution >= 4 is 22.3 Å². The van der Waals surface area contributed by atoms with Crippen LogP contribution in [-0.2, 0) is 4.74 Å². The number of non-ortho nitro benzene ring substituents is 1. The Bertz CT molecular complexity index is 601. The molecule has 0 saturated carbocycles. The molecule has 0 saturated heterocycles. The van der Waals surface area contributed by atoms with Gasteiger partial charge in [0.2, 0.25) is 0 Å². The molecule has 0 amide bonds. The number of unbranched alkanes of at least 4 members (excludes halogenated alkanes) is 1.